The largest absolute Gasteiger partial charge is 0.480 e. The Morgan fingerprint density at radius 2 is 2.11 bits per heavy atom. The van der Waals surface area contributed by atoms with Crippen LogP contribution in [0.4, 0.5) is 5.95 Å². The highest BCUT2D eigenvalue weighted by molar-refractivity contribution is 5.78. The van der Waals surface area contributed by atoms with Crippen molar-refractivity contribution in [3.8, 4) is 5.69 Å². The zero-order valence-corrected chi connectivity index (χ0v) is 10.2. The van der Waals surface area contributed by atoms with E-state index in [1.165, 1.54) is 0 Å². The minimum Gasteiger partial charge on any atom is -0.480 e. The monoisotopic (exact) mass is 259 g/mol. The summed E-state index contributed by atoms with van der Waals surface area (Å²) in [4.78, 5) is 13.0. The van der Waals surface area contributed by atoms with E-state index in [0.717, 1.165) is 12.1 Å². The van der Waals surface area contributed by atoms with Gasteiger partial charge in [0.15, 0.2) is 0 Å². The molecule has 1 aromatic heterocycles. The molecule has 98 valence electrons. The van der Waals surface area contributed by atoms with Gasteiger partial charge in [-0.3, -0.25) is 0 Å². The van der Waals surface area contributed by atoms with Crippen molar-refractivity contribution in [2.45, 2.75) is 18.9 Å². The molecule has 0 bridgehead atoms. The second-order valence-electron chi connectivity index (χ2n) is 4.42. The highest BCUT2D eigenvalue weighted by atomic mass is 16.4. The number of carboxylic acids is 1. The molecule has 3 rings (SSSR count). The minimum atomic E-state index is -0.833. The van der Waals surface area contributed by atoms with Crippen LogP contribution in [0.2, 0.25) is 0 Å². The van der Waals surface area contributed by atoms with Crippen LogP contribution in [0, 0.1) is 0 Å². The average molecular weight is 259 g/mol. The van der Waals surface area contributed by atoms with Crippen molar-refractivity contribution in [2.75, 3.05) is 11.4 Å². The number of aliphatic carboxylic acids is 1. The fourth-order valence-electron chi connectivity index (χ4n) is 2.36. The molecule has 0 spiro atoms. The van der Waals surface area contributed by atoms with E-state index in [1.54, 1.807) is 9.58 Å². The van der Waals surface area contributed by atoms with E-state index in [-0.39, 0.29) is 0 Å². The molecule has 7 nitrogen and oxygen atoms in total. The Kier molecular flexibility index (Phi) is 2.86. The smallest absolute Gasteiger partial charge is 0.326 e. The molecule has 1 saturated heterocycles. The molecule has 1 aliphatic rings. The maximum Gasteiger partial charge on any atom is 0.326 e. The molecule has 1 atom stereocenters. The lowest BCUT2D eigenvalue weighted by Gasteiger charge is -2.21. The number of tetrazole rings is 1. The summed E-state index contributed by atoms with van der Waals surface area (Å²) in [6.07, 6.45) is 1.45. The third-order valence-electron chi connectivity index (χ3n) is 3.25. The van der Waals surface area contributed by atoms with Crippen LogP contribution in [-0.2, 0) is 4.79 Å². The van der Waals surface area contributed by atoms with Gasteiger partial charge in [0.1, 0.15) is 6.04 Å². The van der Waals surface area contributed by atoms with Gasteiger partial charge < -0.3 is 10.0 Å². The summed E-state index contributed by atoms with van der Waals surface area (Å²) in [5.74, 6) is -0.351. The highest BCUT2D eigenvalue weighted by Crippen LogP contribution is 2.24. The molecule has 1 aromatic carbocycles. The van der Waals surface area contributed by atoms with Gasteiger partial charge in [-0.2, -0.15) is 4.68 Å². The zero-order valence-electron chi connectivity index (χ0n) is 10.2. The van der Waals surface area contributed by atoms with E-state index >= 15 is 0 Å². The summed E-state index contributed by atoms with van der Waals surface area (Å²) in [7, 11) is 0. The van der Waals surface area contributed by atoms with Crippen LogP contribution >= 0.6 is 0 Å². The van der Waals surface area contributed by atoms with E-state index in [0.29, 0.717) is 18.9 Å². The van der Waals surface area contributed by atoms with Crippen molar-refractivity contribution in [1.29, 1.82) is 0 Å². The average Bonchev–Trinajstić information content (AvgIpc) is 3.08. The van der Waals surface area contributed by atoms with Gasteiger partial charge in [-0.25, -0.2) is 4.79 Å². The number of anilines is 1. The van der Waals surface area contributed by atoms with Crippen molar-refractivity contribution in [3.63, 3.8) is 0 Å². The Labute approximate surface area is 109 Å². The number of nitrogens with zero attached hydrogens (tertiary/aromatic N) is 5. The fraction of sp³-hybridized carbons (Fsp3) is 0.333. The third-order valence-corrected chi connectivity index (χ3v) is 3.25. The van der Waals surface area contributed by atoms with Gasteiger partial charge in [0.05, 0.1) is 5.69 Å². The van der Waals surface area contributed by atoms with Gasteiger partial charge in [-0.15, -0.1) is 0 Å². The number of benzene rings is 1. The Hall–Kier alpha value is -2.44. The predicted molar refractivity (Wildman–Crippen MR) is 67.2 cm³/mol. The lowest BCUT2D eigenvalue weighted by Crippen LogP contribution is -2.37. The third kappa shape index (κ3) is 2.03. The van der Waals surface area contributed by atoms with Gasteiger partial charge in [0, 0.05) is 6.54 Å². The molecule has 0 radical (unpaired) electrons. The van der Waals surface area contributed by atoms with Crippen LogP contribution in [0.25, 0.3) is 5.69 Å². The molecule has 1 N–H and O–H groups in total. The van der Waals surface area contributed by atoms with Crippen LogP contribution in [0.3, 0.4) is 0 Å². The summed E-state index contributed by atoms with van der Waals surface area (Å²) < 4.78 is 1.57. The molecule has 7 heteroatoms. The molecule has 19 heavy (non-hydrogen) atoms. The van der Waals surface area contributed by atoms with Crippen LogP contribution in [0.1, 0.15) is 12.8 Å². The topological polar surface area (TPSA) is 84.1 Å². The molecule has 0 aliphatic carbocycles. The van der Waals surface area contributed by atoms with Crippen molar-refractivity contribution in [2.24, 2.45) is 0 Å². The summed E-state index contributed by atoms with van der Waals surface area (Å²) in [5.41, 5.74) is 0.818. The minimum absolute atomic E-state index is 0.483. The Balaban J connectivity index is 1.99. The van der Waals surface area contributed by atoms with Crippen LogP contribution in [0.15, 0.2) is 30.3 Å². The SMILES string of the molecule is O=C(O)C1CCCN1c1nnnn1-c1ccccc1. The van der Waals surface area contributed by atoms with E-state index < -0.39 is 12.0 Å². The standard InChI is InChI=1S/C12H13N5O2/c18-11(19)10-7-4-8-16(10)12-13-14-15-17(12)9-5-2-1-3-6-9/h1-3,5-6,10H,4,7-8H2,(H,18,19). The number of hydrogen-bond donors (Lipinski definition) is 1. The molecule has 0 saturated carbocycles. The van der Waals surface area contributed by atoms with Gasteiger partial charge >= 0.3 is 5.97 Å². The molecule has 1 unspecified atom stereocenters. The number of carbonyl (C=O) groups is 1. The number of carboxylic acid groups (broad SMARTS) is 1. The number of hydrogen-bond acceptors (Lipinski definition) is 5. The lowest BCUT2D eigenvalue weighted by atomic mass is 10.2. The quantitative estimate of drug-likeness (QED) is 0.874. The first-order chi connectivity index (χ1) is 9.27. The number of rotatable bonds is 3. The number of aromatic nitrogens is 4. The van der Waals surface area contributed by atoms with Gasteiger partial charge in [-0.1, -0.05) is 23.3 Å². The first kappa shape index (κ1) is 11.6. The zero-order chi connectivity index (χ0) is 13.2. The molecular weight excluding hydrogens is 246 g/mol. The van der Waals surface area contributed by atoms with Crippen LogP contribution in [-0.4, -0.2) is 43.9 Å². The van der Waals surface area contributed by atoms with Crippen molar-refractivity contribution < 1.29 is 9.90 Å². The molecule has 1 fully saturated rings. The first-order valence-corrected chi connectivity index (χ1v) is 6.10. The normalized spacial score (nSPS) is 18.7. The van der Waals surface area contributed by atoms with E-state index in [1.807, 2.05) is 30.3 Å². The van der Waals surface area contributed by atoms with E-state index in [4.69, 9.17) is 0 Å². The summed E-state index contributed by atoms with van der Waals surface area (Å²) in [6.45, 7) is 0.657. The molecule has 2 aromatic rings. The molecule has 2 heterocycles. The molecule has 0 amide bonds. The van der Waals surface area contributed by atoms with E-state index in [9.17, 15) is 9.90 Å². The van der Waals surface area contributed by atoms with Crippen molar-refractivity contribution in [1.82, 2.24) is 20.2 Å². The second-order valence-corrected chi connectivity index (χ2v) is 4.42. The van der Waals surface area contributed by atoms with Gasteiger partial charge in [-0.05, 0) is 35.4 Å². The molecular formula is C12H13N5O2. The first-order valence-electron chi connectivity index (χ1n) is 6.10. The molecule has 1 aliphatic heterocycles. The summed E-state index contributed by atoms with van der Waals surface area (Å²) >= 11 is 0. The second kappa shape index (κ2) is 4.68. The van der Waals surface area contributed by atoms with Crippen LogP contribution in [0.5, 0.6) is 0 Å². The van der Waals surface area contributed by atoms with Gasteiger partial charge in [0.2, 0.25) is 0 Å². The lowest BCUT2D eigenvalue weighted by molar-refractivity contribution is -0.138. The van der Waals surface area contributed by atoms with Crippen molar-refractivity contribution in [3.05, 3.63) is 30.3 Å². The maximum absolute atomic E-state index is 11.2. The Morgan fingerprint density at radius 1 is 1.32 bits per heavy atom. The summed E-state index contributed by atoms with van der Waals surface area (Å²) in [6, 6.07) is 8.90. The maximum atomic E-state index is 11.2. The number of para-hydroxylation sites is 1. The fourth-order valence-corrected chi connectivity index (χ4v) is 2.36. The van der Waals surface area contributed by atoms with E-state index in [2.05, 4.69) is 15.5 Å². The Bertz CT molecular complexity index is 583. The highest BCUT2D eigenvalue weighted by Gasteiger charge is 2.34. The predicted octanol–water partition coefficient (Wildman–Crippen LogP) is 0.716. The Morgan fingerprint density at radius 3 is 2.84 bits per heavy atom. The van der Waals surface area contributed by atoms with Crippen LogP contribution < -0.4 is 4.90 Å². The van der Waals surface area contributed by atoms with Crippen molar-refractivity contribution >= 4 is 11.9 Å². The summed E-state index contributed by atoms with van der Waals surface area (Å²) in [5, 5.41) is 20.8. The van der Waals surface area contributed by atoms with Gasteiger partial charge in [0.25, 0.3) is 5.95 Å².